The second-order valence-corrected chi connectivity index (χ2v) is 9.02. The van der Waals surface area contributed by atoms with Crippen LogP contribution < -0.4 is 9.46 Å². The van der Waals surface area contributed by atoms with E-state index in [0.717, 1.165) is 41.7 Å². The zero-order valence-corrected chi connectivity index (χ0v) is 17.9. The second-order valence-electron chi connectivity index (χ2n) is 6.44. The molecule has 8 nitrogen and oxygen atoms in total. The molecule has 0 aliphatic rings. The maximum Gasteiger partial charge on any atom is 0.420 e. The highest BCUT2D eigenvalue weighted by Gasteiger charge is 2.35. The molecule has 0 aliphatic carbocycles. The van der Waals surface area contributed by atoms with Gasteiger partial charge in [0.15, 0.2) is 5.13 Å². The fourth-order valence-electron chi connectivity index (χ4n) is 2.81. The maximum atomic E-state index is 13.7. The van der Waals surface area contributed by atoms with Crippen LogP contribution in [0.4, 0.5) is 18.3 Å². The van der Waals surface area contributed by atoms with Gasteiger partial charge in [-0.15, -0.1) is 11.3 Å². The van der Waals surface area contributed by atoms with Gasteiger partial charge < -0.3 is 4.74 Å². The molecule has 0 fully saturated rings. The number of thiazole rings is 1. The van der Waals surface area contributed by atoms with Crippen LogP contribution in [0, 0.1) is 11.3 Å². The van der Waals surface area contributed by atoms with Crippen molar-refractivity contribution in [2.75, 3.05) is 4.72 Å². The van der Waals surface area contributed by atoms with E-state index >= 15 is 0 Å². The average Bonchev–Trinajstić information content (AvgIpc) is 3.47. The van der Waals surface area contributed by atoms with Gasteiger partial charge in [0.25, 0.3) is 10.0 Å². The molecule has 33 heavy (non-hydrogen) atoms. The lowest BCUT2D eigenvalue weighted by Crippen LogP contribution is -2.13. The first kappa shape index (κ1) is 22.3. The van der Waals surface area contributed by atoms with Crippen LogP contribution in [-0.4, -0.2) is 23.2 Å². The lowest BCUT2D eigenvalue weighted by molar-refractivity contribution is -0.138. The summed E-state index contributed by atoms with van der Waals surface area (Å²) < 4.78 is 75.0. The van der Waals surface area contributed by atoms with E-state index in [-0.39, 0.29) is 27.0 Å². The SMILES string of the molecule is N#Cc1cc(S(=O)(=O)Nc2nccs2)ccc1Oc1ccc(-n2cccn2)cc1C(F)(F)F. The van der Waals surface area contributed by atoms with Crippen molar-refractivity contribution in [2.24, 2.45) is 0 Å². The topological polar surface area (TPSA) is 110 Å². The molecular weight excluding hydrogens is 479 g/mol. The number of benzene rings is 2. The minimum absolute atomic E-state index is 0.126. The molecule has 2 aromatic heterocycles. The number of nitriles is 1. The van der Waals surface area contributed by atoms with E-state index in [4.69, 9.17) is 4.74 Å². The Morgan fingerprint density at radius 2 is 1.91 bits per heavy atom. The van der Waals surface area contributed by atoms with Crippen molar-refractivity contribution in [2.45, 2.75) is 11.1 Å². The highest BCUT2D eigenvalue weighted by Crippen LogP contribution is 2.40. The minimum Gasteiger partial charge on any atom is -0.455 e. The normalized spacial score (nSPS) is 11.7. The Labute approximate surface area is 189 Å². The first-order valence-electron chi connectivity index (χ1n) is 9.03. The van der Waals surface area contributed by atoms with E-state index in [1.807, 2.05) is 0 Å². The third-order valence-corrected chi connectivity index (χ3v) is 6.45. The zero-order chi connectivity index (χ0) is 23.6. The van der Waals surface area contributed by atoms with E-state index in [2.05, 4.69) is 14.8 Å². The quantitative estimate of drug-likeness (QED) is 0.414. The average molecular weight is 491 g/mol. The van der Waals surface area contributed by atoms with Gasteiger partial charge in [-0.2, -0.15) is 23.5 Å². The molecule has 0 atom stereocenters. The first-order valence-corrected chi connectivity index (χ1v) is 11.4. The Kier molecular flexibility index (Phi) is 5.79. The fraction of sp³-hybridized carbons (Fsp3) is 0.0500. The Bertz CT molecular complexity index is 1430. The van der Waals surface area contributed by atoms with Gasteiger partial charge in [-0.1, -0.05) is 0 Å². The number of rotatable bonds is 6. The van der Waals surface area contributed by atoms with E-state index in [1.165, 1.54) is 29.3 Å². The van der Waals surface area contributed by atoms with Gasteiger partial charge in [0.1, 0.15) is 23.1 Å². The first-order chi connectivity index (χ1) is 15.7. The number of hydrogen-bond donors (Lipinski definition) is 1. The van der Waals surface area contributed by atoms with Gasteiger partial charge in [0, 0.05) is 24.0 Å². The molecular formula is C20H12F3N5O3S2. The Hall–Kier alpha value is -3.89. The summed E-state index contributed by atoms with van der Waals surface area (Å²) in [5, 5.41) is 15.1. The second kappa shape index (κ2) is 8.57. The highest BCUT2D eigenvalue weighted by atomic mass is 32.2. The summed E-state index contributed by atoms with van der Waals surface area (Å²) in [5.74, 6) is -0.783. The third-order valence-electron chi connectivity index (χ3n) is 4.29. The molecule has 0 bridgehead atoms. The van der Waals surface area contributed by atoms with E-state index in [1.54, 1.807) is 17.5 Å². The van der Waals surface area contributed by atoms with Crippen LogP contribution in [0.5, 0.6) is 11.5 Å². The highest BCUT2D eigenvalue weighted by molar-refractivity contribution is 7.93. The van der Waals surface area contributed by atoms with Gasteiger partial charge in [0.2, 0.25) is 0 Å². The number of sulfonamides is 1. The molecule has 2 heterocycles. The molecule has 0 radical (unpaired) electrons. The molecule has 4 aromatic rings. The molecule has 0 spiro atoms. The molecule has 0 amide bonds. The van der Waals surface area contributed by atoms with Crippen molar-refractivity contribution < 1.29 is 26.3 Å². The van der Waals surface area contributed by atoms with Crippen molar-refractivity contribution in [3.63, 3.8) is 0 Å². The number of nitrogens with zero attached hydrogens (tertiary/aromatic N) is 4. The van der Waals surface area contributed by atoms with E-state index in [9.17, 15) is 26.9 Å². The van der Waals surface area contributed by atoms with Crippen molar-refractivity contribution in [1.82, 2.24) is 14.8 Å². The van der Waals surface area contributed by atoms with Crippen LogP contribution in [0.15, 0.2) is 71.3 Å². The lowest BCUT2D eigenvalue weighted by Gasteiger charge is -2.16. The molecule has 13 heteroatoms. The van der Waals surface area contributed by atoms with Gasteiger partial charge in [-0.3, -0.25) is 4.72 Å². The van der Waals surface area contributed by atoms with Gasteiger partial charge in [0.05, 0.1) is 16.1 Å². The minimum atomic E-state index is -4.76. The summed E-state index contributed by atoms with van der Waals surface area (Å²) in [5.41, 5.74) is -1.18. The standard InChI is InChI=1S/C20H12F3N5O3S2/c21-20(22,23)16-11-14(28-8-1-6-26-28)2-4-18(16)31-17-5-3-15(10-13(17)12-24)33(29,30)27-19-25-7-9-32-19/h1-11H,(H,25,27). The Morgan fingerprint density at radius 1 is 1.12 bits per heavy atom. The zero-order valence-electron chi connectivity index (χ0n) is 16.3. The number of hydrogen-bond acceptors (Lipinski definition) is 7. The molecule has 0 aliphatic heterocycles. The predicted molar refractivity (Wildman–Crippen MR) is 113 cm³/mol. The predicted octanol–water partition coefficient (Wildman–Crippen LogP) is 4.81. The number of anilines is 1. The summed E-state index contributed by atoms with van der Waals surface area (Å²) >= 11 is 1.06. The van der Waals surface area contributed by atoms with Crippen LogP contribution in [0.2, 0.25) is 0 Å². The van der Waals surface area contributed by atoms with Crippen molar-refractivity contribution >= 4 is 26.5 Å². The van der Waals surface area contributed by atoms with Crippen LogP contribution in [0.25, 0.3) is 5.69 Å². The van der Waals surface area contributed by atoms with Crippen molar-refractivity contribution in [3.05, 3.63) is 77.6 Å². The van der Waals surface area contributed by atoms with Crippen molar-refractivity contribution in [1.29, 1.82) is 5.26 Å². The van der Waals surface area contributed by atoms with Gasteiger partial charge >= 0.3 is 6.18 Å². The Balaban J connectivity index is 1.69. The lowest BCUT2D eigenvalue weighted by atomic mass is 10.1. The summed E-state index contributed by atoms with van der Waals surface area (Å²) in [7, 11) is -4.07. The largest absolute Gasteiger partial charge is 0.455 e. The van der Waals surface area contributed by atoms with Crippen LogP contribution in [0.1, 0.15) is 11.1 Å². The molecule has 1 N–H and O–H groups in total. The summed E-state index contributed by atoms with van der Waals surface area (Å²) in [6.45, 7) is 0. The molecule has 0 saturated heterocycles. The number of alkyl halides is 3. The third kappa shape index (κ3) is 4.81. The number of nitrogens with one attached hydrogen (secondary N) is 1. The molecule has 0 unspecified atom stereocenters. The summed E-state index contributed by atoms with van der Waals surface area (Å²) in [6.07, 6.45) is -0.430. The number of ether oxygens (including phenoxy) is 1. The number of halogens is 3. The smallest absolute Gasteiger partial charge is 0.420 e. The van der Waals surface area contributed by atoms with Crippen LogP contribution >= 0.6 is 11.3 Å². The van der Waals surface area contributed by atoms with Gasteiger partial charge in [-0.25, -0.2) is 18.1 Å². The van der Waals surface area contributed by atoms with E-state index in [0.29, 0.717) is 0 Å². The summed E-state index contributed by atoms with van der Waals surface area (Å²) in [4.78, 5) is 3.56. The molecule has 0 saturated carbocycles. The van der Waals surface area contributed by atoms with Crippen molar-refractivity contribution in [3.8, 4) is 23.3 Å². The maximum absolute atomic E-state index is 13.7. The van der Waals surface area contributed by atoms with E-state index < -0.39 is 27.5 Å². The Morgan fingerprint density at radius 3 is 2.55 bits per heavy atom. The fourth-order valence-corrected chi connectivity index (χ4v) is 4.63. The number of aromatic nitrogens is 3. The molecule has 168 valence electrons. The van der Waals surface area contributed by atoms with Crippen LogP contribution in [0.3, 0.4) is 0 Å². The van der Waals surface area contributed by atoms with Crippen LogP contribution in [-0.2, 0) is 16.2 Å². The van der Waals surface area contributed by atoms with Gasteiger partial charge in [-0.05, 0) is 42.5 Å². The molecule has 2 aromatic carbocycles. The molecule has 4 rings (SSSR count). The monoisotopic (exact) mass is 491 g/mol. The summed E-state index contributed by atoms with van der Waals surface area (Å²) in [6, 6.07) is 9.92.